The van der Waals surface area contributed by atoms with Crippen LogP contribution in [0.5, 0.6) is 5.75 Å². The Morgan fingerprint density at radius 2 is 1.81 bits per heavy atom. The molecule has 4 nitrogen and oxygen atoms in total. The summed E-state index contributed by atoms with van der Waals surface area (Å²) in [5.41, 5.74) is 4.05. The van der Waals surface area contributed by atoms with Crippen molar-refractivity contribution >= 4 is 34.3 Å². The first kappa shape index (κ1) is 23.1. The third-order valence-electron chi connectivity index (χ3n) is 5.35. The molecule has 4 aromatic rings. The summed E-state index contributed by atoms with van der Waals surface area (Å²) in [4.78, 5) is 6.97. The van der Waals surface area contributed by atoms with Gasteiger partial charge in [0.15, 0.2) is 5.58 Å². The lowest BCUT2D eigenvalue weighted by Gasteiger charge is -2.18. The first-order chi connectivity index (χ1) is 14.3. The minimum absolute atomic E-state index is 0. The highest BCUT2D eigenvalue weighted by atomic mass is 35.5. The van der Waals surface area contributed by atoms with Gasteiger partial charge in [-0.25, -0.2) is 4.98 Å². The molecule has 0 aliphatic heterocycles. The van der Waals surface area contributed by atoms with E-state index >= 15 is 0 Å². The summed E-state index contributed by atoms with van der Waals surface area (Å²) >= 11 is 0. The van der Waals surface area contributed by atoms with Crippen molar-refractivity contribution in [1.82, 2.24) is 9.88 Å². The van der Waals surface area contributed by atoms with Crippen molar-refractivity contribution in [2.75, 3.05) is 27.2 Å². The van der Waals surface area contributed by atoms with Gasteiger partial charge in [-0.1, -0.05) is 39.0 Å². The first-order valence-corrected chi connectivity index (χ1v) is 10.5. The molecule has 0 bridgehead atoms. The van der Waals surface area contributed by atoms with Crippen molar-refractivity contribution in [3.05, 3.63) is 60.2 Å². The molecule has 0 atom stereocenters. The van der Waals surface area contributed by atoms with E-state index in [0.717, 1.165) is 46.2 Å². The molecule has 0 unspecified atom stereocenters. The van der Waals surface area contributed by atoms with E-state index in [1.165, 1.54) is 5.56 Å². The molecule has 4 rings (SSSR count). The summed E-state index contributed by atoms with van der Waals surface area (Å²) in [6.07, 6.45) is 1.00. The quantitative estimate of drug-likeness (QED) is 0.314. The van der Waals surface area contributed by atoms with Crippen molar-refractivity contribution in [3.8, 4) is 17.2 Å². The van der Waals surface area contributed by atoms with Crippen molar-refractivity contribution in [2.45, 2.75) is 32.6 Å². The van der Waals surface area contributed by atoms with Crippen LogP contribution in [0.2, 0.25) is 0 Å². The van der Waals surface area contributed by atoms with E-state index in [-0.39, 0.29) is 17.8 Å². The number of rotatable bonds is 6. The van der Waals surface area contributed by atoms with Crippen molar-refractivity contribution in [2.24, 2.45) is 0 Å². The summed E-state index contributed by atoms with van der Waals surface area (Å²) in [7, 11) is 4.15. The molecule has 0 saturated heterocycles. The molecule has 1 heterocycles. The number of oxazole rings is 1. The van der Waals surface area contributed by atoms with E-state index in [4.69, 9.17) is 14.1 Å². The summed E-state index contributed by atoms with van der Waals surface area (Å²) in [6.45, 7) is 8.36. The SMILES string of the molecule is CN(C)CCCOc1ccc2c(-c3nc4cc(C(C)(C)C)ccc4o3)cccc2c1.Cl. The summed E-state index contributed by atoms with van der Waals surface area (Å²) in [5, 5.41) is 2.23. The Morgan fingerprint density at radius 3 is 2.55 bits per heavy atom. The van der Waals surface area contributed by atoms with E-state index in [1.54, 1.807) is 0 Å². The second-order valence-corrected chi connectivity index (χ2v) is 9.15. The lowest BCUT2D eigenvalue weighted by molar-refractivity contribution is 0.282. The van der Waals surface area contributed by atoms with Crippen LogP contribution in [-0.2, 0) is 5.41 Å². The largest absolute Gasteiger partial charge is 0.494 e. The van der Waals surface area contributed by atoms with Gasteiger partial charge in [0.05, 0.1) is 6.61 Å². The highest BCUT2D eigenvalue weighted by molar-refractivity contribution is 5.96. The monoisotopic (exact) mass is 438 g/mol. The van der Waals surface area contributed by atoms with E-state index in [2.05, 4.69) is 76.2 Å². The highest BCUT2D eigenvalue weighted by Crippen LogP contribution is 2.33. The Hall–Kier alpha value is -2.56. The number of aromatic nitrogens is 1. The molecule has 0 aliphatic rings. The molecule has 3 aromatic carbocycles. The molecule has 0 fully saturated rings. The fourth-order valence-corrected chi connectivity index (χ4v) is 3.62. The van der Waals surface area contributed by atoms with Crippen LogP contribution in [-0.4, -0.2) is 37.1 Å². The minimum Gasteiger partial charge on any atom is -0.494 e. The van der Waals surface area contributed by atoms with Gasteiger partial charge in [0.1, 0.15) is 11.3 Å². The first-order valence-electron chi connectivity index (χ1n) is 10.5. The molecule has 1 aromatic heterocycles. The number of fused-ring (bicyclic) bond motifs is 2. The van der Waals surface area contributed by atoms with E-state index in [9.17, 15) is 0 Å². The van der Waals surface area contributed by atoms with Gasteiger partial charge in [-0.15, -0.1) is 12.4 Å². The third kappa shape index (κ3) is 5.20. The van der Waals surface area contributed by atoms with Gasteiger partial charge >= 0.3 is 0 Å². The fourth-order valence-electron chi connectivity index (χ4n) is 3.62. The van der Waals surface area contributed by atoms with Crippen molar-refractivity contribution in [3.63, 3.8) is 0 Å². The lowest BCUT2D eigenvalue weighted by atomic mass is 9.87. The average Bonchev–Trinajstić information content (AvgIpc) is 3.13. The topological polar surface area (TPSA) is 38.5 Å². The van der Waals surface area contributed by atoms with Crippen LogP contribution in [0.1, 0.15) is 32.8 Å². The lowest BCUT2D eigenvalue weighted by Crippen LogP contribution is -2.15. The van der Waals surface area contributed by atoms with Crippen LogP contribution in [0.3, 0.4) is 0 Å². The highest BCUT2D eigenvalue weighted by Gasteiger charge is 2.17. The smallest absolute Gasteiger partial charge is 0.227 e. The standard InChI is InChI=1S/C26H30N2O2.ClH/c1-26(2,3)19-10-13-24-23(17-19)27-25(30-24)22-9-6-8-18-16-20(11-12-21(18)22)29-15-7-14-28(4)5;/h6,8-13,16-17H,7,14-15H2,1-5H3;1H. The Balaban J connectivity index is 0.00000272. The molecule has 0 N–H and O–H groups in total. The Morgan fingerprint density at radius 1 is 1.00 bits per heavy atom. The van der Waals surface area contributed by atoms with Crippen LogP contribution in [0.4, 0.5) is 0 Å². The maximum Gasteiger partial charge on any atom is 0.227 e. The van der Waals surface area contributed by atoms with Crippen LogP contribution >= 0.6 is 12.4 Å². The molecule has 0 aliphatic carbocycles. The maximum absolute atomic E-state index is 6.11. The predicted molar refractivity (Wildman–Crippen MR) is 132 cm³/mol. The van der Waals surface area contributed by atoms with E-state index in [0.29, 0.717) is 12.5 Å². The van der Waals surface area contributed by atoms with Gasteiger partial charge in [0, 0.05) is 12.1 Å². The number of hydrogen-bond acceptors (Lipinski definition) is 4. The molecule has 0 amide bonds. The number of benzene rings is 3. The van der Waals surface area contributed by atoms with Crippen LogP contribution in [0.25, 0.3) is 33.3 Å². The van der Waals surface area contributed by atoms with Gasteiger partial charge in [0.2, 0.25) is 5.89 Å². The van der Waals surface area contributed by atoms with Crippen LogP contribution in [0, 0.1) is 0 Å². The zero-order valence-electron chi connectivity index (χ0n) is 18.9. The second kappa shape index (κ2) is 9.29. The Bertz CT molecular complexity index is 1180. The molecule has 5 heteroatoms. The zero-order chi connectivity index (χ0) is 21.3. The van der Waals surface area contributed by atoms with Crippen molar-refractivity contribution in [1.29, 1.82) is 0 Å². The molecular weight excluding hydrogens is 408 g/mol. The number of ether oxygens (including phenoxy) is 1. The van der Waals surface area contributed by atoms with Gasteiger partial charge in [-0.05, 0) is 78.7 Å². The molecule has 0 radical (unpaired) electrons. The molecule has 0 spiro atoms. The number of hydrogen-bond donors (Lipinski definition) is 0. The Kier molecular flexibility index (Phi) is 6.93. The summed E-state index contributed by atoms with van der Waals surface area (Å²) < 4.78 is 12.1. The van der Waals surface area contributed by atoms with Crippen LogP contribution < -0.4 is 4.74 Å². The van der Waals surface area contributed by atoms with Gasteiger partial charge in [-0.3, -0.25) is 0 Å². The minimum atomic E-state index is 0. The zero-order valence-corrected chi connectivity index (χ0v) is 19.8. The summed E-state index contributed by atoms with van der Waals surface area (Å²) in [6, 6.07) is 18.7. The van der Waals surface area contributed by atoms with E-state index < -0.39 is 0 Å². The van der Waals surface area contributed by atoms with E-state index in [1.807, 2.05) is 18.2 Å². The molecule has 164 valence electrons. The number of nitrogens with zero attached hydrogens (tertiary/aromatic N) is 2. The van der Waals surface area contributed by atoms with Gasteiger partial charge in [0.25, 0.3) is 0 Å². The summed E-state index contributed by atoms with van der Waals surface area (Å²) in [5.74, 6) is 1.55. The average molecular weight is 439 g/mol. The maximum atomic E-state index is 6.11. The predicted octanol–water partition coefficient (Wildman–Crippen LogP) is 6.70. The van der Waals surface area contributed by atoms with Gasteiger partial charge < -0.3 is 14.1 Å². The Labute approximate surface area is 190 Å². The number of halogens is 1. The van der Waals surface area contributed by atoms with Gasteiger partial charge in [-0.2, -0.15) is 0 Å². The van der Waals surface area contributed by atoms with Crippen LogP contribution in [0.15, 0.2) is 59.0 Å². The molecule has 31 heavy (non-hydrogen) atoms. The third-order valence-corrected chi connectivity index (χ3v) is 5.35. The normalized spacial score (nSPS) is 11.8. The fraction of sp³-hybridized carbons (Fsp3) is 0.346. The van der Waals surface area contributed by atoms with Crippen molar-refractivity contribution < 1.29 is 9.15 Å². The molecular formula is C26H31ClN2O2. The molecule has 0 saturated carbocycles. The second-order valence-electron chi connectivity index (χ2n) is 9.15.